The van der Waals surface area contributed by atoms with E-state index in [0.717, 1.165) is 18.9 Å². The smallest absolute Gasteiger partial charge is 0.255 e. The van der Waals surface area contributed by atoms with Crippen molar-refractivity contribution in [1.82, 2.24) is 0 Å². The lowest BCUT2D eigenvalue weighted by Crippen LogP contribution is -2.42. The minimum Gasteiger partial charge on any atom is -0.328 e. The van der Waals surface area contributed by atoms with Crippen LogP contribution in [0.1, 0.15) is 36.0 Å². The van der Waals surface area contributed by atoms with Crippen LogP contribution in [0.3, 0.4) is 0 Å². The number of hydrogen-bond donors (Lipinski definition) is 2. The molecule has 166 valence electrons. The molecule has 2 saturated carbocycles. The lowest BCUT2D eigenvalue weighted by Gasteiger charge is -2.33. The molecule has 4 rings (SSSR count). The summed E-state index contributed by atoms with van der Waals surface area (Å²) < 4.78 is 66.8. The van der Waals surface area contributed by atoms with Gasteiger partial charge in [0.05, 0.1) is 15.2 Å². The number of nitrogens with one attached hydrogen (secondary N) is 1. The number of nitrogens with two attached hydrogens (primary N) is 1. The van der Waals surface area contributed by atoms with Gasteiger partial charge in [-0.15, -0.1) is 0 Å². The molecular formula is C21H20ClF3N2O3S. The van der Waals surface area contributed by atoms with Crippen molar-refractivity contribution in [2.24, 2.45) is 17.6 Å². The van der Waals surface area contributed by atoms with Crippen molar-refractivity contribution in [2.75, 3.05) is 5.32 Å². The Balaban J connectivity index is 1.64. The van der Waals surface area contributed by atoms with Crippen LogP contribution in [-0.2, 0) is 9.84 Å². The Hall–Kier alpha value is -2.10. The quantitative estimate of drug-likeness (QED) is 0.649. The molecule has 10 heteroatoms. The third-order valence-electron chi connectivity index (χ3n) is 6.15. The summed E-state index contributed by atoms with van der Waals surface area (Å²) in [5.74, 6) is -5.50. The molecule has 2 aromatic carbocycles. The first-order chi connectivity index (χ1) is 14.6. The Kier molecular flexibility index (Phi) is 5.78. The molecule has 2 aliphatic rings. The number of sulfone groups is 1. The van der Waals surface area contributed by atoms with Crippen molar-refractivity contribution in [1.29, 1.82) is 0 Å². The topological polar surface area (TPSA) is 89.3 Å². The fourth-order valence-electron chi connectivity index (χ4n) is 4.87. The highest BCUT2D eigenvalue weighted by Gasteiger charge is 2.49. The third-order valence-corrected chi connectivity index (χ3v) is 9.03. The zero-order valence-electron chi connectivity index (χ0n) is 16.2. The van der Waals surface area contributed by atoms with Crippen molar-refractivity contribution < 1.29 is 26.4 Å². The summed E-state index contributed by atoms with van der Waals surface area (Å²) >= 11 is 6.19. The van der Waals surface area contributed by atoms with Gasteiger partial charge in [0.15, 0.2) is 27.3 Å². The summed E-state index contributed by atoms with van der Waals surface area (Å²) in [4.78, 5) is 12.4. The second-order valence-electron chi connectivity index (χ2n) is 8.19. The lowest BCUT2D eigenvalue weighted by molar-refractivity contribution is 0.102. The molecule has 5 nitrogen and oxygen atoms in total. The van der Waals surface area contributed by atoms with E-state index in [1.807, 2.05) is 0 Å². The van der Waals surface area contributed by atoms with Crippen molar-refractivity contribution in [3.05, 3.63) is 58.4 Å². The molecule has 2 aromatic rings. The van der Waals surface area contributed by atoms with Crippen molar-refractivity contribution in [2.45, 2.75) is 41.9 Å². The van der Waals surface area contributed by atoms with Crippen LogP contribution in [0.4, 0.5) is 18.9 Å². The van der Waals surface area contributed by atoms with Gasteiger partial charge in [-0.25, -0.2) is 21.6 Å². The number of benzene rings is 2. The van der Waals surface area contributed by atoms with E-state index < -0.39 is 38.4 Å². The minimum absolute atomic E-state index is 0.00954. The number of carbonyl (C=O) groups excluding carboxylic acids is 1. The molecule has 0 radical (unpaired) electrons. The van der Waals surface area contributed by atoms with E-state index in [1.54, 1.807) is 0 Å². The molecule has 0 heterocycles. The molecular weight excluding hydrogens is 453 g/mol. The fourth-order valence-corrected chi connectivity index (χ4v) is 7.74. The van der Waals surface area contributed by atoms with E-state index in [9.17, 15) is 26.4 Å². The van der Waals surface area contributed by atoms with Crippen LogP contribution in [0.5, 0.6) is 0 Å². The predicted octanol–water partition coefficient (Wildman–Crippen LogP) is 4.30. The van der Waals surface area contributed by atoms with Crippen LogP contribution >= 0.6 is 11.6 Å². The van der Waals surface area contributed by atoms with Crippen molar-refractivity contribution in [3.63, 3.8) is 0 Å². The lowest BCUT2D eigenvalue weighted by atomic mass is 9.85. The van der Waals surface area contributed by atoms with Crippen LogP contribution in [-0.4, -0.2) is 25.6 Å². The van der Waals surface area contributed by atoms with Crippen LogP contribution in [0.2, 0.25) is 5.02 Å². The zero-order chi connectivity index (χ0) is 22.5. The van der Waals surface area contributed by atoms with Crippen LogP contribution in [0, 0.1) is 29.3 Å². The van der Waals surface area contributed by atoms with Gasteiger partial charge in [-0.2, -0.15) is 0 Å². The second kappa shape index (κ2) is 8.11. The summed E-state index contributed by atoms with van der Waals surface area (Å²) in [5.41, 5.74) is 5.68. The SMILES string of the molecule is N[C@@H]1CC2CC[C@@H](C1)C2S(=O)(=O)c1cc(C(=O)Nc2cc(F)c(F)c(F)c2)ccc1Cl. The van der Waals surface area contributed by atoms with Crippen LogP contribution in [0.15, 0.2) is 35.2 Å². The summed E-state index contributed by atoms with van der Waals surface area (Å²) in [6.45, 7) is 0. The maximum atomic E-state index is 13.4. The minimum atomic E-state index is -3.84. The van der Waals surface area contributed by atoms with Gasteiger partial charge in [0, 0.05) is 29.4 Å². The molecule has 3 N–H and O–H groups in total. The highest BCUT2D eigenvalue weighted by molar-refractivity contribution is 7.92. The normalized spacial score (nSPS) is 25.5. The molecule has 0 aromatic heterocycles. The number of carbonyl (C=O) groups is 1. The Labute approximate surface area is 182 Å². The zero-order valence-corrected chi connectivity index (χ0v) is 17.8. The van der Waals surface area contributed by atoms with Gasteiger partial charge in [0.1, 0.15) is 0 Å². The molecule has 1 amide bonds. The highest BCUT2D eigenvalue weighted by Crippen LogP contribution is 2.47. The van der Waals surface area contributed by atoms with Gasteiger partial charge in [-0.1, -0.05) is 11.6 Å². The van der Waals surface area contributed by atoms with Crippen LogP contribution < -0.4 is 11.1 Å². The molecule has 2 unspecified atom stereocenters. The summed E-state index contributed by atoms with van der Waals surface area (Å²) in [7, 11) is -3.84. The Morgan fingerprint density at radius 3 is 2.19 bits per heavy atom. The van der Waals surface area contributed by atoms with Gasteiger partial charge in [0.25, 0.3) is 5.91 Å². The van der Waals surface area contributed by atoms with E-state index in [0.29, 0.717) is 25.0 Å². The molecule has 31 heavy (non-hydrogen) atoms. The first kappa shape index (κ1) is 22.1. The van der Waals surface area contributed by atoms with E-state index >= 15 is 0 Å². The van der Waals surface area contributed by atoms with Gasteiger partial charge in [-0.05, 0) is 55.7 Å². The van der Waals surface area contributed by atoms with E-state index in [2.05, 4.69) is 5.32 Å². The third kappa shape index (κ3) is 4.06. The second-order valence-corrected chi connectivity index (χ2v) is 10.7. The van der Waals surface area contributed by atoms with Crippen molar-refractivity contribution in [3.8, 4) is 0 Å². The molecule has 0 aliphatic heterocycles. The first-order valence-electron chi connectivity index (χ1n) is 9.83. The van der Waals surface area contributed by atoms with E-state index in [4.69, 9.17) is 17.3 Å². The Bertz CT molecular complexity index is 1120. The number of fused-ring (bicyclic) bond motifs is 2. The molecule has 2 bridgehead atoms. The maximum Gasteiger partial charge on any atom is 0.255 e. The molecule has 0 spiro atoms. The number of rotatable bonds is 4. The Morgan fingerprint density at radius 2 is 1.61 bits per heavy atom. The first-order valence-corrected chi connectivity index (χ1v) is 11.7. The monoisotopic (exact) mass is 472 g/mol. The van der Waals surface area contributed by atoms with Gasteiger partial charge in [-0.3, -0.25) is 4.79 Å². The average molecular weight is 473 g/mol. The molecule has 2 fully saturated rings. The Morgan fingerprint density at radius 1 is 1.03 bits per heavy atom. The number of amides is 1. The maximum absolute atomic E-state index is 13.4. The van der Waals surface area contributed by atoms with Gasteiger partial charge >= 0.3 is 0 Å². The molecule has 0 saturated heterocycles. The highest BCUT2D eigenvalue weighted by atomic mass is 35.5. The number of hydrogen-bond acceptors (Lipinski definition) is 4. The van der Waals surface area contributed by atoms with Gasteiger partial charge < -0.3 is 11.1 Å². The summed E-state index contributed by atoms with van der Waals surface area (Å²) in [5, 5.41) is 1.62. The molecule has 2 aliphatic carbocycles. The van der Waals surface area contributed by atoms with Gasteiger partial charge in [0.2, 0.25) is 0 Å². The average Bonchev–Trinajstić information content (AvgIpc) is 2.99. The van der Waals surface area contributed by atoms with Crippen molar-refractivity contribution >= 4 is 33.0 Å². The summed E-state index contributed by atoms with van der Waals surface area (Å²) in [6.07, 6.45) is 2.81. The number of halogens is 4. The van der Waals surface area contributed by atoms with E-state index in [-0.39, 0.29) is 39.0 Å². The predicted molar refractivity (Wildman–Crippen MR) is 110 cm³/mol. The van der Waals surface area contributed by atoms with Crippen LogP contribution in [0.25, 0.3) is 0 Å². The fraction of sp³-hybridized carbons (Fsp3) is 0.381. The largest absolute Gasteiger partial charge is 0.328 e. The van der Waals surface area contributed by atoms with E-state index in [1.165, 1.54) is 12.1 Å². The summed E-state index contributed by atoms with van der Waals surface area (Å²) in [6, 6.07) is 5.01. The standard InChI is InChI=1S/C21H20ClF3N2O3S/c22-15-4-3-12(21(28)27-14-8-16(23)19(25)17(24)9-14)7-18(15)31(29,30)20-10-1-2-11(20)6-13(26)5-10/h3-4,7-11,13,20H,1-2,5-6,26H2,(H,27,28)/t10-,11?,13-,20?/m0/s1. The number of anilines is 1. The molecule has 4 atom stereocenters.